The first-order valence-electron chi connectivity index (χ1n) is 6.71. The van der Waals surface area contributed by atoms with Crippen LogP contribution < -0.4 is 10.6 Å². The number of carbonyl (C=O) groups is 2. The standard InChI is InChI=1S/C16H17N3O2/c1-12-6-5-10-17-14(12)19-16(21)15(20)18-11-9-13-7-3-2-4-8-13/h2-8,10H,9,11H2,1H3,(H,18,20)(H,17,19,21). The Morgan fingerprint density at radius 2 is 1.81 bits per heavy atom. The zero-order valence-corrected chi connectivity index (χ0v) is 11.8. The summed E-state index contributed by atoms with van der Waals surface area (Å²) < 4.78 is 0. The average molecular weight is 283 g/mol. The highest BCUT2D eigenvalue weighted by atomic mass is 16.2. The maximum atomic E-state index is 11.7. The van der Waals surface area contributed by atoms with Crippen molar-refractivity contribution in [2.24, 2.45) is 0 Å². The Kier molecular flexibility index (Phi) is 5.04. The number of nitrogens with one attached hydrogen (secondary N) is 2. The van der Waals surface area contributed by atoms with Crippen LogP contribution in [0, 0.1) is 6.92 Å². The second-order valence-electron chi connectivity index (χ2n) is 4.61. The van der Waals surface area contributed by atoms with Crippen LogP contribution in [0.4, 0.5) is 5.82 Å². The molecule has 2 N–H and O–H groups in total. The molecular formula is C16H17N3O2. The van der Waals surface area contributed by atoms with E-state index in [1.54, 1.807) is 12.3 Å². The van der Waals surface area contributed by atoms with E-state index >= 15 is 0 Å². The summed E-state index contributed by atoms with van der Waals surface area (Å²) in [5.41, 5.74) is 1.92. The Morgan fingerprint density at radius 1 is 1.05 bits per heavy atom. The van der Waals surface area contributed by atoms with Crippen molar-refractivity contribution < 1.29 is 9.59 Å². The fourth-order valence-electron chi connectivity index (χ4n) is 1.83. The van der Waals surface area contributed by atoms with E-state index in [-0.39, 0.29) is 0 Å². The number of carbonyl (C=O) groups excluding carboxylic acids is 2. The molecule has 0 radical (unpaired) electrons. The topological polar surface area (TPSA) is 71.1 Å². The molecule has 108 valence electrons. The van der Waals surface area contributed by atoms with Gasteiger partial charge >= 0.3 is 11.8 Å². The molecule has 0 saturated heterocycles. The number of rotatable bonds is 4. The smallest absolute Gasteiger partial charge is 0.314 e. The molecule has 2 aromatic rings. The monoisotopic (exact) mass is 283 g/mol. The Balaban J connectivity index is 1.81. The number of amides is 2. The lowest BCUT2D eigenvalue weighted by molar-refractivity contribution is -0.136. The Morgan fingerprint density at radius 3 is 2.52 bits per heavy atom. The molecule has 0 fully saturated rings. The number of hydrogen-bond acceptors (Lipinski definition) is 3. The predicted octanol–water partition coefficient (Wildman–Crippen LogP) is 1.69. The van der Waals surface area contributed by atoms with Crippen molar-refractivity contribution in [3.8, 4) is 0 Å². The predicted molar refractivity (Wildman–Crippen MR) is 80.8 cm³/mol. The molecule has 1 heterocycles. The summed E-state index contributed by atoms with van der Waals surface area (Å²) in [5.74, 6) is -0.957. The van der Waals surface area contributed by atoms with Gasteiger partial charge in [-0.15, -0.1) is 0 Å². The lowest BCUT2D eigenvalue weighted by atomic mass is 10.1. The van der Waals surface area contributed by atoms with Gasteiger partial charge in [-0.05, 0) is 30.5 Å². The van der Waals surface area contributed by atoms with Gasteiger partial charge in [-0.25, -0.2) is 4.98 Å². The average Bonchev–Trinajstić information content (AvgIpc) is 2.50. The van der Waals surface area contributed by atoms with E-state index in [2.05, 4.69) is 15.6 Å². The number of pyridine rings is 1. The third kappa shape index (κ3) is 4.42. The summed E-state index contributed by atoms with van der Waals surface area (Å²) in [4.78, 5) is 27.5. The van der Waals surface area contributed by atoms with E-state index in [0.717, 1.165) is 11.1 Å². The van der Waals surface area contributed by atoms with Crippen molar-refractivity contribution in [1.29, 1.82) is 0 Å². The lowest BCUT2D eigenvalue weighted by Crippen LogP contribution is -2.36. The number of anilines is 1. The van der Waals surface area contributed by atoms with Crippen LogP contribution >= 0.6 is 0 Å². The molecule has 1 aromatic carbocycles. The molecule has 5 nitrogen and oxygen atoms in total. The van der Waals surface area contributed by atoms with Crippen LogP contribution in [0.2, 0.25) is 0 Å². The van der Waals surface area contributed by atoms with Gasteiger partial charge in [-0.1, -0.05) is 36.4 Å². The molecule has 21 heavy (non-hydrogen) atoms. The van der Waals surface area contributed by atoms with Gasteiger partial charge in [-0.3, -0.25) is 9.59 Å². The minimum atomic E-state index is -0.704. The van der Waals surface area contributed by atoms with Crippen molar-refractivity contribution in [3.05, 3.63) is 59.8 Å². The van der Waals surface area contributed by atoms with Gasteiger partial charge in [0, 0.05) is 12.7 Å². The van der Waals surface area contributed by atoms with Crippen LogP contribution in [0.1, 0.15) is 11.1 Å². The van der Waals surface area contributed by atoms with Crippen LogP contribution in [-0.4, -0.2) is 23.3 Å². The number of hydrogen-bond donors (Lipinski definition) is 2. The Bertz CT molecular complexity index is 626. The first kappa shape index (κ1) is 14.7. The molecule has 0 aliphatic rings. The van der Waals surface area contributed by atoms with E-state index in [1.165, 1.54) is 0 Å². The van der Waals surface area contributed by atoms with Crippen LogP contribution in [-0.2, 0) is 16.0 Å². The summed E-state index contributed by atoms with van der Waals surface area (Å²) in [5, 5.41) is 5.09. The highest BCUT2D eigenvalue weighted by Gasteiger charge is 2.14. The number of benzene rings is 1. The Hall–Kier alpha value is -2.69. The molecule has 2 amide bonds. The third-order valence-electron chi connectivity index (χ3n) is 2.99. The first-order chi connectivity index (χ1) is 10.2. The molecule has 0 unspecified atom stereocenters. The second kappa shape index (κ2) is 7.19. The minimum absolute atomic E-state index is 0.403. The maximum Gasteiger partial charge on any atom is 0.314 e. The molecule has 2 rings (SSSR count). The lowest BCUT2D eigenvalue weighted by Gasteiger charge is -2.07. The van der Waals surface area contributed by atoms with Crippen molar-refractivity contribution in [1.82, 2.24) is 10.3 Å². The van der Waals surface area contributed by atoms with Gasteiger partial charge in [0.15, 0.2) is 0 Å². The van der Waals surface area contributed by atoms with Crippen LogP contribution in [0.15, 0.2) is 48.7 Å². The fraction of sp³-hybridized carbons (Fsp3) is 0.188. The summed E-state index contributed by atoms with van der Waals surface area (Å²) in [6.45, 7) is 2.23. The molecule has 0 saturated carbocycles. The van der Waals surface area contributed by atoms with E-state index in [1.807, 2.05) is 43.3 Å². The molecule has 0 aliphatic carbocycles. The number of aryl methyl sites for hydroxylation is 1. The molecule has 0 atom stereocenters. The number of nitrogens with zero attached hydrogens (tertiary/aromatic N) is 1. The molecular weight excluding hydrogens is 266 g/mol. The van der Waals surface area contributed by atoms with Crippen LogP contribution in [0.25, 0.3) is 0 Å². The van der Waals surface area contributed by atoms with E-state index in [0.29, 0.717) is 18.8 Å². The molecule has 0 bridgehead atoms. The molecule has 1 aromatic heterocycles. The van der Waals surface area contributed by atoms with Gasteiger partial charge in [-0.2, -0.15) is 0 Å². The van der Waals surface area contributed by atoms with E-state index < -0.39 is 11.8 Å². The summed E-state index contributed by atoms with van der Waals surface area (Å²) in [7, 11) is 0. The van der Waals surface area contributed by atoms with Gasteiger partial charge in [0.1, 0.15) is 5.82 Å². The van der Waals surface area contributed by atoms with E-state index in [9.17, 15) is 9.59 Å². The van der Waals surface area contributed by atoms with Crippen molar-refractivity contribution in [3.63, 3.8) is 0 Å². The van der Waals surface area contributed by atoms with E-state index in [4.69, 9.17) is 0 Å². The largest absolute Gasteiger partial charge is 0.347 e. The minimum Gasteiger partial charge on any atom is -0.347 e. The quantitative estimate of drug-likeness (QED) is 0.839. The first-order valence-corrected chi connectivity index (χ1v) is 6.71. The second-order valence-corrected chi connectivity index (χ2v) is 4.61. The van der Waals surface area contributed by atoms with Gasteiger partial charge < -0.3 is 10.6 Å². The summed E-state index contributed by atoms with van der Waals surface area (Å²) >= 11 is 0. The highest BCUT2D eigenvalue weighted by Crippen LogP contribution is 2.08. The zero-order valence-electron chi connectivity index (χ0n) is 11.8. The maximum absolute atomic E-state index is 11.7. The van der Waals surface area contributed by atoms with Crippen molar-refractivity contribution in [2.75, 3.05) is 11.9 Å². The van der Waals surface area contributed by atoms with Gasteiger partial charge in [0.05, 0.1) is 0 Å². The number of aromatic nitrogens is 1. The van der Waals surface area contributed by atoms with Gasteiger partial charge in [0.25, 0.3) is 0 Å². The van der Waals surface area contributed by atoms with Crippen molar-refractivity contribution >= 4 is 17.6 Å². The molecule has 0 spiro atoms. The van der Waals surface area contributed by atoms with Gasteiger partial charge in [0.2, 0.25) is 0 Å². The highest BCUT2D eigenvalue weighted by molar-refractivity contribution is 6.39. The van der Waals surface area contributed by atoms with Crippen LogP contribution in [0.5, 0.6) is 0 Å². The Labute approximate surface area is 123 Å². The summed E-state index contributed by atoms with van der Waals surface area (Å²) in [6, 6.07) is 13.3. The molecule has 5 heteroatoms. The fourth-order valence-corrected chi connectivity index (χ4v) is 1.83. The van der Waals surface area contributed by atoms with Crippen molar-refractivity contribution in [2.45, 2.75) is 13.3 Å². The molecule has 0 aliphatic heterocycles. The SMILES string of the molecule is Cc1cccnc1NC(=O)C(=O)NCCc1ccccc1. The normalized spacial score (nSPS) is 9.95. The van der Waals surface area contributed by atoms with Crippen LogP contribution in [0.3, 0.4) is 0 Å². The third-order valence-corrected chi connectivity index (χ3v) is 2.99. The summed E-state index contributed by atoms with van der Waals surface area (Å²) in [6.07, 6.45) is 2.25. The zero-order chi connectivity index (χ0) is 15.1.